The van der Waals surface area contributed by atoms with Gasteiger partial charge < -0.3 is 4.90 Å². The van der Waals surface area contributed by atoms with Gasteiger partial charge in [0, 0.05) is 24.5 Å². The summed E-state index contributed by atoms with van der Waals surface area (Å²) in [7, 11) is 2.10. The van der Waals surface area contributed by atoms with Crippen molar-refractivity contribution in [2.24, 2.45) is 0 Å². The lowest BCUT2D eigenvalue weighted by molar-refractivity contribution is 0.867. The molecule has 4 heteroatoms. The molecule has 0 aliphatic rings. The van der Waals surface area contributed by atoms with Crippen LogP contribution in [-0.4, -0.2) is 17.0 Å². The van der Waals surface area contributed by atoms with Gasteiger partial charge in [-0.3, -0.25) is 0 Å². The Morgan fingerprint density at radius 1 is 0.963 bits per heavy atom. The highest BCUT2D eigenvalue weighted by molar-refractivity contribution is 7.17. The van der Waals surface area contributed by atoms with Gasteiger partial charge >= 0.3 is 0 Å². The Hall–Kier alpha value is -2.72. The largest absolute Gasteiger partial charge is 0.355 e. The molecular weight excluding hydrogens is 350 g/mol. The summed E-state index contributed by atoms with van der Waals surface area (Å²) < 4.78 is 0. The van der Waals surface area contributed by atoms with Gasteiger partial charge in [0.05, 0.1) is 5.39 Å². The molecular formula is C23H23N3S. The van der Waals surface area contributed by atoms with Crippen molar-refractivity contribution in [3.63, 3.8) is 0 Å². The quantitative estimate of drug-likeness (QED) is 0.422. The number of aromatic nitrogens is 2. The Morgan fingerprint density at radius 3 is 2.41 bits per heavy atom. The van der Waals surface area contributed by atoms with Crippen LogP contribution < -0.4 is 4.90 Å². The first-order valence-corrected chi connectivity index (χ1v) is 10.1. The minimum atomic E-state index is 0.536. The number of thiophene rings is 1. The fourth-order valence-electron chi connectivity index (χ4n) is 3.34. The highest BCUT2D eigenvalue weighted by Gasteiger charge is 2.16. The van der Waals surface area contributed by atoms with Crippen LogP contribution in [0.2, 0.25) is 0 Å². The maximum absolute atomic E-state index is 4.63. The zero-order chi connectivity index (χ0) is 18.8. The van der Waals surface area contributed by atoms with E-state index in [9.17, 15) is 0 Å². The van der Waals surface area contributed by atoms with E-state index < -0.39 is 0 Å². The molecule has 0 unspecified atom stereocenters. The molecule has 27 heavy (non-hydrogen) atoms. The van der Waals surface area contributed by atoms with E-state index in [1.807, 2.05) is 6.07 Å². The SMILES string of the molecule is CC(C)c1ccc(-c2csc3ncnc(N(C)Cc4ccccc4)c23)cc1. The van der Waals surface area contributed by atoms with Gasteiger partial charge in [-0.2, -0.15) is 0 Å². The second-order valence-electron chi connectivity index (χ2n) is 7.15. The zero-order valence-corrected chi connectivity index (χ0v) is 16.7. The Bertz CT molecular complexity index is 1040. The van der Waals surface area contributed by atoms with Crippen molar-refractivity contribution in [3.8, 4) is 11.1 Å². The van der Waals surface area contributed by atoms with E-state index >= 15 is 0 Å². The van der Waals surface area contributed by atoms with Crippen LogP contribution in [-0.2, 0) is 6.54 Å². The maximum Gasteiger partial charge on any atom is 0.141 e. The first-order chi connectivity index (χ1) is 13.1. The van der Waals surface area contributed by atoms with Gasteiger partial charge in [0.25, 0.3) is 0 Å². The molecule has 0 radical (unpaired) electrons. The molecule has 0 aliphatic carbocycles. The summed E-state index contributed by atoms with van der Waals surface area (Å²) in [5, 5.41) is 3.34. The van der Waals surface area contributed by atoms with Crippen LogP contribution in [0, 0.1) is 0 Å². The summed E-state index contributed by atoms with van der Waals surface area (Å²) in [6.07, 6.45) is 1.67. The van der Waals surface area contributed by atoms with Crippen LogP contribution in [0.15, 0.2) is 66.3 Å². The molecule has 3 nitrogen and oxygen atoms in total. The fraction of sp³-hybridized carbons (Fsp3) is 0.217. The summed E-state index contributed by atoms with van der Waals surface area (Å²) >= 11 is 1.68. The third-order valence-electron chi connectivity index (χ3n) is 4.86. The van der Waals surface area contributed by atoms with E-state index in [1.165, 1.54) is 22.3 Å². The molecule has 0 N–H and O–H groups in total. The lowest BCUT2D eigenvalue weighted by Gasteiger charge is -2.19. The molecule has 0 fully saturated rings. The topological polar surface area (TPSA) is 29.0 Å². The molecule has 0 bridgehead atoms. The first-order valence-electron chi connectivity index (χ1n) is 9.21. The molecule has 4 aromatic rings. The molecule has 2 heterocycles. The highest BCUT2D eigenvalue weighted by Crippen LogP contribution is 2.38. The third-order valence-corrected chi connectivity index (χ3v) is 5.75. The lowest BCUT2D eigenvalue weighted by Crippen LogP contribution is -2.18. The minimum absolute atomic E-state index is 0.536. The summed E-state index contributed by atoms with van der Waals surface area (Å²) in [6, 6.07) is 19.4. The Morgan fingerprint density at radius 2 is 1.70 bits per heavy atom. The summed E-state index contributed by atoms with van der Waals surface area (Å²) in [5.74, 6) is 1.52. The summed E-state index contributed by atoms with van der Waals surface area (Å²) in [5.41, 5.74) is 5.05. The number of hydrogen-bond donors (Lipinski definition) is 0. The average molecular weight is 374 g/mol. The molecule has 0 atom stereocenters. The number of nitrogens with zero attached hydrogens (tertiary/aromatic N) is 3. The standard InChI is InChI=1S/C23H23N3S/c1-16(2)18-9-11-19(12-10-18)20-14-27-23-21(20)22(24-15-25-23)26(3)13-17-7-5-4-6-8-17/h4-12,14-16H,13H2,1-3H3. The predicted molar refractivity (Wildman–Crippen MR) is 115 cm³/mol. The monoisotopic (exact) mass is 373 g/mol. The molecule has 0 aliphatic heterocycles. The Balaban J connectivity index is 1.75. The van der Waals surface area contributed by atoms with E-state index in [0.29, 0.717) is 5.92 Å². The lowest BCUT2D eigenvalue weighted by atomic mass is 9.99. The zero-order valence-electron chi connectivity index (χ0n) is 15.9. The molecule has 2 aromatic heterocycles. The van der Waals surface area contributed by atoms with E-state index in [0.717, 1.165) is 22.6 Å². The minimum Gasteiger partial charge on any atom is -0.355 e. The van der Waals surface area contributed by atoms with Gasteiger partial charge in [0.2, 0.25) is 0 Å². The molecule has 0 spiro atoms. The van der Waals surface area contributed by atoms with Crippen molar-refractivity contribution in [2.45, 2.75) is 26.3 Å². The van der Waals surface area contributed by atoms with Crippen LogP contribution in [0.1, 0.15) is 30.9 Å². The summed E-state index contributed by atoms with van der Waals surface area (Å²) in [6.45, 7) is 5.26. The van der Waals surface area contributed by atoms with Crippen molar-refractivity contribution in [3.05, 3.63) is 77.4 Å². The average Bonchev–Trinajstić information content (AvgIpc) is 3.13. The van der Waals surface area contributed by atoms with Crippen molar-refractivity contribution in [2.75, 3.05) is 11.9 Å². The van der Waals surface area contributed by atoms with Crippen LogP contribution in [0.25, 0.3) is 21.3 Å². The van der Waals surface area contributed by atoms with Crippen molar-refractivity contribution < 1.29 is 0 Å². The maximum atomic E-state index is 4.63. The fourth-order valence-corrected chi connectivity index (χ4v) is 4.25. The van der Waals surface area contributed by atoms with Gasteiger partial charge in [-0.25, -0.2) is 9.97 Å². The smallest absolute Gasteiger partial charge is 0.141 e. The number of anilines is 1. The Kier molecular flexibility index (Phi) is 4.90. The second kappa shape index (κ2) is 7.49. The molecule has 136 valence electrons. The third kappa shape index (κ3) is 3.58. The van der Waals surface area contributed by atoms with E-state index in [4.69, 9.17) is 0 Å². The van der Waals surface area contributed by atoms with Gasteiger partial charge in [0.1, 0.15) is 17.0 Å². The van der Waals surface area contributed by atoms with Gasteiger partial charge in [-0.05, 0) is 22.6 Å². The number of hydrogen-bond acceptors (Lipinski definition) is 4. The molecule has 0 saturated carbocycles. The van der Waals surface area contributed by atoms with Crippen LogP contribution >= 0.6 is 11.3 Å². The van der Waals surface area contributed by atoms with Gasteiger partial charge in [0.15, 0.2) is 0 Å². The number of fused-ring (bicyclic) bond motifs is 1. The van der Waals surface area contributed by atoms with Crippen LogP contribution in [0.5, 0.6) is 0 Å². The van der Waals surface area contributed by atoms with E-state index in [-0.39, 0.29) is 0 Å². The van der Waals surface area contributed by atoms with Gasteiger partial charge in [-0.15, -0.1) is 11.3 Å². The Labute approximate surface area is 164 Å². The van der Waals surface area contributed by atoms with Crippen LogP contribution in [0.4, 0.5) is 5.82 Å². The second-order valence-corrected chi connectivity index (χ2v) is 8.00. The van der Waals surface area contributed by atoms with Crippen LogP contribution in [0.3, 0.4) is 0 Å². The highest BCUT2D eigenvalue weighted by atomic mass is 32.1. The molecule has 0 amide bonds. The normalized spacial score (nSPS) is 11.3. The van der Waals surface area contributed by atoms with Crippen molar-refractivity contribution >= 4 is 27.4 Å². The van der Waals surface area contributed by atoms with E-state index in [2.05, 4.69) is 89.7 Å². The molecule has 4 rings (SSSR count). The summed E-state index contributed by atoms with van der Waals surface area (Å²) in [4.78, 5) is 12.4. The number of rotatable bonds is 5. The first kappa shape index (κ1) is 17.7. The number of benzene rings is 2. The molecule has 2 aromatic carbocycles. The van der Waals surface area contributed by atoms with Gasteiger partial charge in [-0.1, -0.05) is 68.4 Å². The predicted octanol–water partition coefficient (Wildman–Crippen LogP) is 6.12. The van der Waals surface area contributed by atoms with Crippen molar-refractivity contribution in [1.29, 1.82) is 0 Å². The van der Waals surface area contributed by atoms with E-state index in [1.54, 1.807) is 17.7 Å². The molecule has 0 saturated heterocycles. The van der Waals surface area contributed by atoms with Crippen molar-refractivity contribution in [1.82, 2.24) is 9.97 Å².